The van der Waals surface area contributed by atoms with Crippen molar-refractivity contribution in [2.45, 2.75) is 6.92 Å². The first-order chi connectivity index (χ1) is 8.65. The van der Waals surface area contributed by atoms with E-state index in [-0.39, 0.29) is 36.6 Å². The van der Waals surface area contributed by atoms with Crippen molar-refractivity contribution in [1.82, 2.24) is 15.6 Å². The van der Waals surface area contributed by atoms with E-state index in [4.69, 9.17) is 16.3 Å². The van der Waals surface area contributed by atoms with Crippen LogP contribution in [0.15, 0.2) is 18.3 Å². The fourth-order valence-electron chi connectivity index (χ4n) is 1.37. The quantitative estimate of drug-likeness (QED) is 0.742. The monoisotopic (exact) mass is 343 g/mol. The van der Waals surface area contributed by atoms with Crippen molar-refractivity contribution in [2.75, 3.05) is 26.7 Å². The summed E-state index contributed by atoms with van der Waals surface area (Å²) in [5, 5.41) is 6.20. The number of carbonyl (C=O) groups excluding carboxylic acids is 1. The Labute approximate surface area is 136 Å². The van der Waals surface area contributed by atoms with E-state index in [1.807, 2.05) is 14.0 Å². The Morgan fingerprint density at radius 1 is 1.50 bits per heavy atom. The summed E-state index contributed by atoms with van der Waals surface area (Å²) in [6.07, 6.45) is 1.61. The van der Waals surface area contributed by atoms with E-state index in [1.54, 1.807) is 18.3 Å². The van der Waals surface area contributed by atoms with Crippen molar-refractivity contribution in [3.8, 4) is 5.88 Å². The second-order valence-electron chi connectivity index (χ2n) is 3.89. The van der Waals surface area contributed by atoms with Gasteiger partial charge in [0.1, 0.15) is 11.6 Å². The van der Waals surface area contributed by atoms with E-state index in [2.05, 4.69) is 15.6 Å². The highest BCUT2D eigenvalue weighted by Gasteiger charge is 2.10. The molecule has 1 atom stereocenters. The SMILES string of the molecule is CNCC(C)C(=O)NCCOc1ncccc1Cl.Cl.Cl. The fourth-order valence-corrected chi connectivity index (χ4v) is 1.55. The van der Waals surface area contributed by atoms with Gasteiger partial charge in [0.05, 0.1) is 6.54 Å². The van der Waals surface area contributed by atoms with Gasteiger partial charge in [0.15, 0.2) is 0 Å². The Kier molecular flexibility index (Phi) is 13.0. The Balaban J connectivity index is 0. The van der Waals surface area contributed by atoms with Crippen LogP contribution < -0.4 is 15.4 Å². The number of ether oxygens (including phenoxy) is 1. The summed E-state index contributed by atoms with van der Waals surface area (Å²) in [5.74, 6) is 0.324. The summed E-state index contributed by atoms with van der Waals surface area (Å²) >= 11 is 5.87. The summed E-state index contributed by atoms with van der Waals surface area (Å²) in [4.78, 5) is 15.5. The maximum absolute atomic E-state index is 11.6. The lowest BCUT2D eigenvalue weighted by atomic mass is 10.1. The number of hydrogen-bond acceptors (Lipinski definition) is 4. The summed E-state index contributed by atoms with van der Waals surface area (Å²) in [5.41, 5.74) is 0. The van der Waals surface area contributed by atoms with Crippen LogP contribution in [-0.2, 0) is 4.79 Å². The van der Waals surface area contributed by atoms with E-state index < -0.39 is 0 Å². The van der Waals surface area contributed by atoms with Gasteiger partial charge >= 0.3 is 0 Å². The normalized spacial score (nSPS) is 10.8. The minimum absolute atomic E-state index is 0. The molecule has 1 aromatic heterocycles. The van der Waals surface area contributed by atoms with Crippen LogP contribution in [0.3, 0.4) is 0 Å². The molecule has 116 valence electrons. The number of nitrogens with zero attached hydrogens (tertiary/aromatic N) is 1. The molecule has 1 rings (SSSR count). The molecule has 1 unspecified atom stereocenters. The molecule has 0 spiro atoms. The van der Waals surface area contributed by atoms with Gasteiger partial charge in [-0.2, -0.15) is 0 Å². The predicted octanol–water partition coefficient (Wildman–Crippen LogP) is 1.93. The number of halogens is 3. The number of carbonyl (C=O) groups is 1. The second-order valence-corrected chi connectivity index (χ2v) is 4.30. The van der Waals surface area contributed by atoms with Gasteiger partial charge in [-0.3, -0.25) is 4.79 Å². The van der Waals surface area contributed by atoms with Crippen molar-refractivity contribution < 1.29 is 9.53 Å². The fraction of sp³-hybridized carbons (Fsp3) is 0.500. The van der Waals surface area contributed by atoms with Crippen LogP contribution in [0, 0.1) is 5.92 Å². The summed E-state index contributed by atoms with van der Waals surface area (Å²) < 4.78 is 5.35. The van der Waals surface area contributed by atoms with Gasteiger partial charge in [0, 0.05) is 18.7 Å². The van der Waals surface area contributed by atoms with Gasteiger partial charge in [0.25, 0.3) is 0 Å². The number of pyridine rings is 1. The average Bonchev–Trinajstić information content (AvgIpc) is 2.36. The zero-order valence-electron chi connectivity index (χ0n) is 11.4. The third kappa shape index (κ3) is 7.75. The van der Waals surface area contributed by atoms with Crippen LogP contribution >= 0.6 is 36.4 Å². The lowest BCUT2D eigenvalue weighted by Crippen LogP contribution is -2.36. The van der Waals surface area contributed by atoms with E-state index >= 15 is 0 Å². The van der Waals surface area contributed by atoms with Gasteiger partial charge in [-0.1, -0.05) is 18.5 Å². The maximum Gasteiger partial charge on any atom is 0.232 e. The molecule has 0 aliphatic carbocycles. The molecule has 8 heteroatoms. The van der Waals surface area contributed by atoms with E-state index in [1.165, 1.54) is 0 Å². The number of amides is 1. The standard InChI is InChI=1S/C12H18ClN3O2.2ClH/c1-9(8-14-2)11(17)15-6-7-18-12-10(13)4-3-5-16-12;;/h3-5,9,14H,6-8H2,1-2H3,(H,15,17);2*1H. The lowest BCUT2D eigenvalue weighted by molar-refractivity contribution is -0.124. The van der Waals surface area contributed by atoms with Gasteiger partial charge in [-0.05, 0) is 19.2 Å². The molecule has 0 aromatic carbocycles. The predicted molar refractivity (Wildman–Crippen MR) is 85.3 cm³/mol. The summed E-state index contributed by atoms with van der Waals surface area (Å²) in [6, 6.07) is 3.44. The minimum atomic E-state index is -0.0616. The molecule has 1 aromatic rings. The first kappa shape index (κ1) is 21.5. The Bertz CT molecular complexity index is 394. The van der Waals surface area contributed by atoms with Crippen LogP contribution in [0.4, 0.5) is 0 Å². The Morgan fingerprint density at radius 3 is 2.80 bits per heavy atom. The molecule has 1 heterocycles. The summed E-state index contributed by atoms with van der Waals surface area (Å²) in [6.45, 7) is 3.29. The molecular weight excluding hydrogens is 325 g/mol. The number of rotatable bonds is 7. The zero-order chi connectivity index (χ0) is 13.4. The van der Waals surface area contributed by atoms with Gasteiger partial charge < -0.3 is 15.4 Å². The molecule has 0 saturated carbocycles. The van der Waals surface area contributed by atoms with E-state index in [0.717, 1.165) is 0 Å². The van der Waals surface area contributed by atoms with Crippen LogP contribution in [0.2, 0.25) is 5.02 Å². The Hall–Kier alpha value is -0.750. The molecule has 0 aliphatic rings. The largest absolute Gasteiger partial charge is 0.475 e. The number of hydrogen-bond donors (Lipinski definition) is 2. The van der Waals surface area contributed by atoms with E-state index in [0.29, 0.717) is 30.6 Å². The Morgan fingerprint density at radius 2 is 2.20 bits per heavy atom. The molecule has 20 heavy (non-hydrogen) atoms. The van der Waals surface area contributed by atoms with Gasteiger partial charge in [0.2, 0.25) is 11.8 Å². The van der Waals surface area contributed by atoms with Crippen LogP contribution in [0.25, 0.3) is 0 Å². The van der Waals surface area contributed by atoms with Crippen LogP contribution in [0.5, 0.6) is 5.88 Å². The first-order valence-electron chi connectivity index (χ1n) is 5.80. The minimum Gasteiger partial charge on any atom is -0.475 e. The highest BCUT2D eigenvalue weighted by molar-refractivity contribution is 6.31. The molecule has 0 aliphatic heterocycles. The number of aromatic nitrogens is 1. The number of nitrogens with one attached hydrogen (secondary N) is 2. The molecule has 0 radical (unpaired) electrons. The molecule has 0 saturated heterocycles. The lowest BCUT2D eigenvalue weighted by Gasteiger charge is -2.12. The zero-order valence-corrected chi connectivity index (χ0v) is 13.8. The molecule has 0 fully saturated rings. The third-order valence-corrected chi connectivity index (χ3v) is 2.61. The molecule has 1 amide bonds. The third-order valence-electron chi connectivity index (χ3n) is 2.32. The van der Waals surface area contributed by atoms with Crippen molar-refractivity contribution in [3.63, 3.8) is 0 Å². The van der Waals surface area contributed by atoms with E-state index in [9.17, 15) is 4.79 Å². The average molecular weight is 345 g/mol. The maximum atomic E-state index is 11.6. The highest BCUT2D eigenvalue weighted by atomic mass is 35.5. The van der Waals surface area contributed by atoms with Crippen LogP contribution in [0.1, 0.15) is 6.92 Å². The molecular formula is C12H20Cl3N3O2. The smallest absolute Gasteiger partial charge is 0.232 e. The van der Waals surface area contributed by atoms with Crippen molar-refractivity contribution in [3.05, 3.63) is 23.4 Å². The first-order valence-corrected chi connectivity index (χ1v) is 6.18. The molecule has 2 N–H and O–H groups in total. The second kappa shape index (κ2) is 12.0. The topological polar surface area (TPSA) is 63.2 Å². The highest BCUT2D eigenvalue weighted by Crippen LogP contribution is 2.19. The van der Waals surface area contributed by atoms with Gasteiger partial charge in [-0.25, -0.2) is 4.98 Å². The van der Waals surface area contributed by atoms with Crippen molar-refractivity contribution in [2.24, 2.45) is 5.92 Å². The molecule has 0 bridgehead atoms. The van der Waals surface area contributed by atoms with Crippen LogP contribution in [-0.4, -0.2) is 37.6 Å². The van der Waals surface area contributed by atoms with Gasteiger partial charge in [-0.15, -0.1) is 24.8 Å². The summed E-state index contributed by atoms with van der Waals surface area (Å²) in [7, 11) is 1.82. The van der Waals surface area contributed by atoms with Crippen molar-refractivity contribution in [1.29, 1.82) is 0 Å². The van der Waals surface area contributed by atoms with Crippen molar-refractivity contribution >= 4 is 42.3 Å². The molecule has 5 nitrogen and oxygen atoms in total.